The van der Waals surface area contributed by atoms with Gasteiger partial charge in [0.05, 0.1) is 12.6 Å². The van der Waals surface area contributed by atoms with Crippen molar-refractivity contribution in [3.8, 4) is 11.5 Å². The summed E-state index contributed by atoms with van der Waals surface area (Å²) in [6.07, 6.45) is -3.63. The number of hydrogen-bond acceptors (Lipinski definition) is 6. The largest absolute Gasteiger partial charge is 0.648 e. The van der Waals surface area contributed by atoms with Crippen molar-refractivity contribution in [2.45, 2.75) is 30.8 Å². The van der Waals surface area contributed by atoms with E-state index in [-0.39, 0.29) is 36.8 Å². The van der Waals surface area contributed by atoms with Crippen molar-refractivity contribution >= 4 is 7.82 Å². The molecule has 2 atom stereocenters. The Balaban J connectivity index is 1.54. The Kier molecular flexibility index (Phi) is 6.45. The van der Waals surface area contributed by atoms with Crippen LogP contribution in [0, 0.1) is 0 Å². The summed E-state index contributed by atoms with van der Waals surface area (Å²) in [7, 11) is -4.51. The molecule has 2 aliphatic heterocycles. The summed E-state index contributed by atoms with van der Waals surface area (Å²) in [5, 5.41) is 0. The van der Waals surface area contributed by atoms with Gasteiger partial charge in [0.1, 0.15) is 11.5 Å². The first-order valence-electron chi connectivity index (χ1n) is 11.3. The van der Waals surface area contributed by atoms with Crippen LogP contribution in [0.2, 0.25) is 0 Å². The molecule has 10 heteroatoms. The van der Waals surface area contributed by atoms with Crippen molar-refractivity contribution in [3.63, 3.8) is 0 Å². The van der Waals surface area contributed by atoms with Crippen molar-refractivity contribution in [3.05, 3.63) is 109 Å². The van der Waals surface area contributed by atoms with Crippen molar-refractivity contribution in [1.29, 1.82) is 0 Å². The summed E-state index contributed by atoms with van der Waals surface area (Å²) in [5.74, 6) is 0.0696. The van der Waals surface area contributed by atoms with Crippen LogP contribution in [-0.2, 0) is 13.8 Å². The van der Waals surface area contributed by atoms with Gasteiger partial charge in [-0.2, -0.15) is 17.7 Å². The minimum Gasteiger partial charge on any atom is -0.386 e. The molecule has 0 aliphatic carbocycles. The lowest BCUT2D eigenvalue weighted by atomic mass is 9.98. The Morgan fingerprint density at radius 1 is 0.833 bits per heavy atom. The number of allylic oxidation sites excluding steroid dienone is 1. The first kappa shape index (κ1) is 24.3. The van der Waals surface area contributed by atoms with Gasteiger partial charge in [-0.3, -0.25) is 4.90 Å². The van der Waals surface area contributed by atoms with Crippen molar-refractivity contribution in [2.75, 3.05) is 6.61 Å². The average Bonchev–Trinajstić information content (AvgIpc) is 3.28. The van der Waals surface area contributed by atoms with E-state index in [9.17, 15) is 17.7 Å². The fraction of sp³-hybridized carbons (Fsp3) is 0.231. The maximum Gasteiger partial charge on any atom is 0.648 e. The van der Waals surface area contributed by atoms with Crippen LogP contribution in [0.3, 0.4) is 0 Å². The number of ether oxygens (including phenoxy) is 1. The normalized spacial score (nSPS) is 21.9. The summed E-state index contributed by atoms with van der Waals surface area (Å²) in [6.45, 7) is -0.229. The highest BCUT2D eigenvalue weighted by Crippen LogP contribution is 2.58. The molecule has 3 aromatic rings. The zero-order valence-corrected chi connectivity index (χ0v) is 19.9. The molecular formula is C26H23F3NO5P. The number of alkyl halides is 3. The van der Waals surface area contributed by atoms with E-state index in [2.05, 4.69) is 0 Å². The lowest BCUT2D eigenvalue weighted by Crippen LogP contribution is -2.57. The topological polar surface area (TPSA) is 57.2 Å². The fourth-order valence-corrected chi connectivity index (χ4v) is 5.64. The molecule has 5 rings (SSSR count). The molecule has 3 aromatic carbocycles. The highest BCUT2D eigenvalue weighted by molar-refractivity contribution is 7.49. The standard InChI is InChI=1S/C26H23F3NO5P/c27-26(28,29)25-18-10-17-24(30(25)23(19-32-25)20-11-4-1-5-12-20)35-36(31,33-21-13-6-2-7-14-21)34-22-15-8-3-9-16-22/h1-9,11-17,23H,10,18-19H2/t23-,25+/m1/s1. The van der Waals surface area contributed by atoms with Crippen LogP contribution in [0.1, 0.15) is 24.4 Å². The highest BCUT2D eigenvalue weighted by Gasteiger charge is 2.67. The number of para-hydroxylation sites is 2. The predicted molar refractivity (Wildman–Crippen MR) is 126 cm³/mol. The van der Waals surface area contributed by atoms with Gasteiger partial charge in [-0.05, 0) is 42.3 Å². The molecule has 0 saturated carbocycles. The Labute approximate surface area is 206 Å². The molecule has 2 heterocycles. The van der Waals surface area contributed by atoms with Crippen molar-refractivity contribution in [2.24, 2.45) is 0 Å². The average molecular weight is 517 g/mol. The number of rotatable bonds is 7. The monoisotopic (exact) mass is 517 g/mol. The molecule has 1 fully saturated rings. The van der Waals surface area contributed by atoms with E-state index >= 15 is 0 Å². The zero-order chi connectivity index (χ0) is 25.2. The molecule has 0 radical (unpaired) electrons. The van der Waals surface area contributed by atoms with E-state index in [1.54, 1.807) is 91.0 Å². The van der Waals surface area contributed by atoms with Crippen LogP contribution in [0.4, 0.5) is 13.2 Å². The Hall–Kier alpha value is -3.42. The maximum atomic E-state index is 14.5. The summed E-state index contributed by atoms with van der Waals surface area (Å²) in [4.78, 5) is 1.02. The molecule has 6 nitrogen and oxygen atoms in total. The van der Waals surface area contributed by atoms with Crippen LogP contribution >= 0.6 is 7.82 Å². The molecule has 1 saturated heterocycles. The molecule has 36 heavy (non-hydrogen) atoms. The molecule has 0 amide bonds. The fourth-order valence-electron chi connectivity index (χ4n) is 4.38. The summed E-state index contributed by atoms with van der Waals surface area (Å²) in [5.41, 5.74) is -2.04. The Morgan fingerprint density at radius 3 is 1.89 bits per heavy atom. The minimum atomic E-state index is -4.75. The SMILES string of the molecule is O=P(OC1=CCC[C@@]2(C(F)(F)F)OC[C@H](c3ccccc3)N12)(Oc1ccccc1)Oc1ccccc1. The maximum absolute atomic E-state index is 14.5. The molecule has 0 N–H and O–H groups in total. The number of phosphoric ester groups is 1. The second kappa shape index (κ2) is 9.56. The van der Waals surface area contributed by atoms with E-state index in [1.165, 1.54) is 6.08 Å². The summed E-state index contributed by atoms with van der Waals surface area (Å²) < 4.78 is 80.0. The van der Waals surface area contributed by atoms with Gasteiger partial charge >= 0.3 is 14.0 Å². The van der Waals surface area contributed by atoms with Gasteiger partial charge in [0, 0.05) is 6.42 Å². The van der Waals surface area contributed by atoms with E-state index in [4.69, 9.17) is 18.3 Å². The third-order valence-electron chi connectivity index (χ3n) is 5.97. The lowest BCUT2D eigenvalue weighted by Gasteiger charge is -2.44. The van der Waals surface area contributed by atoms with Crippen LogP contribution in [-0.4, -0.2) is 23.4 Å². The van der Waals surface area contributed by atoms with Crippen LogP contribution < -0.4 is 9.05 Å². The molecular weight excluding hydrogens is 494 g/mol. The first-order chi connectivity index (χ1) is 17.3. The zero-order valence-electron chi connectivity index (χ0n) is 19.0. The third kappa shape index (κ3) is 4.68. The van der Waals surface area contributed by atoms with Crippen LogP contribution in [0.25, 0.3) is 0 Å². The van der Waals surface area contributed by atoms with Gasteiger partial charge < -0.3 is 18.3 Å². The van der Waals surface area contributed by atoms with E-state index in [0.717, 1.165) is 4.90 Å². The summed E-state index contributed by atoms with van der Waals surface area (Å²) >= 11 is 0. The van der Waals surface area contributed by atoms with Gasteiger partial charge in [-0.1, -0.05) is 66.7 Å². The van der Waals surface area contributed by atoms with Gasteiger partial charge in [0.25, 0.3) is 0 Å². The van der Waals surface area contributed by atoms with E-state index in [1.807, 2.05) is 0 Å². The number of phosphoric acid groups is 1. The van der Waals surface area contributed by atoms with E-state index in [0.29, 0.717) is 5.56 Å². The van der Waals surface area contributed by atoms with E-state index < -0.39 is 25.8 Å². The predicted octanol–water partition coefficient (Wildman–Crippen LogP) is 7.24. The second-order valence-corrected chi connectivity index (χ2v) is 9.76. The number of benzene rings is 3. The number of nitrogens with zero attached hydrogens (tertiary/aromatic N) is 1. The number of halogens is 3. The molecule has 0 spiro atoms. The molecule has 0 unspecified atom stereocenters. The molecule has 0 bridgehead atoms. The molecule has 188 valence electrons. The van der Waals surface area contributed by atoms with Gasteiger partial charge in [-0.15, -0.1) is 0 Å². The van der Waals surface area contributed by atoms with Gasteiger partial charge in [-0.25, -0.2) is 0 Å². The quantitative estimate of drug-likeness (QED) is 0.308. The Morgan fingerprint density at radius 2 is 1.36 bits per heavy atom. The number of fused-ring (bicyclic) bond motifs is 1. The highest BCUT2D eigenvalue weighted by atomic mass is 31.2. The van der Waals surface area contributed by atoms with Gasteiger partial charge in [0.15, 0.2) is 0 Å². The van der Waals surface area contributed by atoms with Crippen molar-refractivity contribution < 1.29 is 36.0 Å². The second-order valence-electron chi connectivity index (χ2n) is 8.32. The third-order valence-corrected chi connectivity index (χ3v) is 7.25. The van der Waals surface area contributed by atoms with Crippen LogP contribution in [0.15, 0.2) is 103 Å². The molecule has 0 aromatic heterocycles. The molecule has 2 aliphatic rings. The smallest absolute Gasteiger partial charge is 0.386 e. The van der Waals surface area contributed by atoms with Crippen LogP contribution in [0.5, 0.6) is 11.5 Å². The lowest BCUT2D eigenvalue weighted by molar-refractivity contribution is -0.308. The Bertz CT molecular complexity index is 1210. The van der Waals surface area contributed by atoms with Crippen molar-refractivity contribution in [1.82, 2.24) is 4.90 Å². The number of hydrogen-bond donors (Lipinski definition) is 0. The summed E-state index contributed by atoms with van der Waals surface area (Å²) in [6, 6.07) is 24.2. The first-order valence-corrected chi connectivity index (χ1v) is 12.8. The minimum absolute atomic E-state index is 0.0104. The van der Waals surface area contributed by atoms with Gasteiger partial charge in [0.2, 0.25) is 11.6 Å².